The molecule has 2 amide bonds. The van der Waals surface area contributed by atoms with Crippen LogP contribution in [0.3, 0.4) is 0 Å². The molecule has 2 aliphatic rings. The molecule has 2 atom stereocenters. The van der Waals surface area contributed by atoms with E-state index in [1.807, 2.05) is 11.9 Å². The lowest BCUT2D eigenvalue weighted by Gasteiger charge is -2.43. The number of amides is 2. The van der Waals surface area contributed by atoms with E-state index >= 15 is 0 Å². The van der Waals surface area contributed by atoms with Gasteiger partial charge >= 0.3 is 12.0 Å². The Morgan fingerprint density at radius 1 is 1.22 bits per heavy atom. The fraction of sp³-hybridized carbons (Fsp3) is 0.846. The van der Waals surface area contributed by atoms with Crippen LogP contribution in [0.4, 0.5) is 4.79 Å². The van der Waals surface area contributed by atoms with Crippen molar-refractivity contribution in [2.24, 2.45) is 11.8 Å². The molecule has 0 bridgehead atoms. The van der Waals surface area contributed by atoms with E-state index in [-0.39, 0.29) is 11.9 Å². The van der Waals surface area contributed by atoms with Crippen molar-refractivity contribution in [1.82, 2.24) is 9.80 Å². The van der Waals surface area contributed by atoms with Crippen molar-refractivity contribution in [1.29, 1.82) is 0 Å². The summed E-state index contributed by atoms with van der Waals surface area (Å²) in [6.45, 7) is 2.92. The second kappa shape index (κ2) is 5.16. The average molecular weight is 254 g/mol. The second-order valence-electron chi connectivity index (χ2n) is 5.66. The van der Waals surface area contributed by atoms with Crippen LogP contribution in [0.5, 0.6) is 0 Å². The summed E-state index contributed by atoms with van der Waals surface area (Å²) >= 11 is 0. The fourth-order valence-electron chi connectivity index (χ4n) is 3.03. The maximum Gasteiger partial charge on any atom is 0.320 e. The van der Waals surface area contributed by atoms with E-state index in [2.05, 4.69) is 6.92 Å². The number of hydrogen-bond acceptors (Lipinski definition) is 2. The van der Waals surface area contributed by atoms with Gasteiger partial charge in [0, 0.05) is 26.2 Å². The van der Waals surface area contributed by atoms with Gasteiger partial charge in [0.25, 0.3) is 0 Å². The highest BCUT2D eigenvalue weighted by atomic mass is 16.4. The third-order valence-electron chi connectivity index (χ3n) is 4.37. The first-order valence-corrected chi connectivity index (χ1v) is 6.75. The molecule has 2 unspecified atom stereocenters. The second-order valence-corrected chi connectivity index (χ2v) is 5.66. The van der Waals surface area contributed by atoms with Crippen LogP contribution in [0.15, 0.2) is 0 Å². The smallest absolute Gasteiger partial charge is 0.320 e. The highest BCUT2D eigenvalue weighted by Crippen LogP contribution is 2.29. The molecule has 1 aliphatic carbocycles. The van der Waals surface area contributed by atoms with Gasteiger partial charge in [-0.3, -0.25) is 4.79 Å². The lowest BCUT2D eigenvalue weighted by molar-refractivity contribution is -0.146. The molecule has 0 aromatic rings. The molecule has 2 fully saturated rings. The van der Waals surface area contributed by atoms with Gasteiger partial charge in [-0.05, 0) is 18.8 Å². The number of hydrogen-bond donors (Lipinski definition) is 1. The minimum Gasteiger partial charge on any atom is -0.481 e. The maximum atomic E-state index is 12.2. The lowest BCUT2D eigenvalue weighted by atomic mass is 9.85. The Balaban J connectivity index is 1.87. The number of likely N-dealkylation sites (tertiary alicyclic amines) is 1. The van der Waals surface area contributed by atoms with Crippen LogP contribution in [0, 0.1) is 11.8 Å². The molecule has 1 aliphatic heterocycles. The molecule has 0 aromatic heterocycles. The average Bonchev–Trinajstić information content (AvgIpc) is 2.26. The normalized spacial score (nSPS) is 28.7. The van der Waals surface area contributed by atoms with Gasteiger partial charge in [0.05, 0.1) is 5.92 Å². The Hall–Kier alpha value is -1.26. The minimum atomic E-state index is -0.798. The fourth-order valence-corrected chi connectivity index (χ4v) is 3.03. The third kappa shape index (κ3) is 2.44. The Labute approximate surface area is 108 Å². The molecule has 1 heterocycles. The number of carbonyl (C=O) groups is 2. The predicted octanol–water partition coefficient (Wildman–Crippen LogP) is 1.63. The molecule has 1 saturated heterocycles. The van der Waals surface area contributed by atoms with Gasteiger partial charge < -0.3 is 14.9 Å². The number of carboxylic acid groups (broad SMARTS) is 1. The Kier molecular flexibility index (Phi) is 3.78. The van der Waals surface area contributed by atoms with Crippen molar-refractivity contribution >= 4 is 12.0 Å². The van der Waals surface area contributed by atoms with Gasteiger partial charge in [0.15, 0.2) is 0 Å². The van der Waals surface area contributed by atoms with Crippen molar-refractivity contribution in [2.45, 2.75) is 38.6 Å². The molecule has 2 rings (SSSR count). The van der Waals surface area contributed by atoms with E-state index in [0.29, 0.717) is 25.0 Å². The molecule has 5 nitrogen and oxygen atoms in total. The number of urea groups is 1. The van der Waals surface area contributed by atoms with Crippen molar-refractivity contribution in [3.05, 3.63) is 0 Å². The van der Waals surface area contributed by atoms with Gasteiger partial charge in [-0.25, -0.2) is 4.79 Å². The summed E-state index contributed by atoms with van der Waals surface area (Å²) in [4.78, 5) is 26.4. The molecule has 5 heteroatoms. The number of aliphatic carboxylic acids is 1. The summed E-state index contributed by atoms with van der Waals surface area (Å²) in [5, 5.41) is 8.81. The lowest BCUT2D eigenvalue weighted by Crippen LogP contribution is -2.58. The van der Waals surface area contributed by atoms with E-state index < -0.39 is 5.97 Å². The van der Waals surface area contributed by atoms with Crippen molar-refractivity contribution in [3.8, 4) is 0 Å². The molecule has 18 heavy (non-hydrogen) atoms. The van der Waals surface area contributed by atoms with E-state index in [1.54, 1.807) is 4.90 Å². The Bertz CT molecular complexity index is 339. The van der Waals surface area contributed by atoms with Crippen LogP contribution in [-0.2, 0) is 4.79 Å². The maximum absolute atomic E-state index is 12.2. The van der Waals surface area contributed by atoms with E-state index in [0.717, 1.165) is 6.42 Å². The van der Waals surface area contributed by atoms with Crippen molar-refractivity contribution in [3.63, 3.8) is 0 Å². The van der Waals surface area contributed by atoms with Crippen LogP contribution in [0.1, 0.15) is 32.6 Å². The summed E-state index contributed by atoms with van der Waals surface area (Å²) in [7, 11) is 1.85. The molecule has 0 aromatic carbocycles. The summed E-state index contributed by atoms with van der Waals surface area (Å²) in [6, 6.07) is 0.307. The van der Waals surface area contributed by atoms with Gasteiger partial charge in [-0.1, -0.05) is 19.8 Å². The van der Waals surface area contributed by atoms with Crippen LogP contribution in [0.25, 0.3) is 0 Å². The summed E-state index contributed by atoms with van der Waals surface area (Å²) in [5.41, 5.74) is 0. The predicted molar refractivity (Wildman–Crippen MR) is 67.3 cm³/mol. The SMILES string of the molecule is CC1CCCCC1N(C)C(=O)N1CC(C(=O)O)C1. The van der Waals surface area contributed by atoms with Crippen molar-refractivity contribution in [2.75, 3.05) is 20.1 Å². The van der Waals surface area contributed by atoms with Crippen molar-refractivity contribution < 1.29 is 14.7 Å². The third-order valence-corrected chi connectivity index (χ3v) is 4.37. The standard InChI is InChI=1S/C13H22N2O3/c1-9-5-3-4-6-11(9)14(2)13(18)15-7-10(8-15)12(16)17/h9-11H,3-8H2,1-2H3,(H,16,17). The quantitative estimate of drug-likeness (QED) is 0.814. The molecular formula is C13H22N2O3. The van der Waals surface area contributed by atoms with Crippen LogP contribution >= 0.6 is 0 Å². The molecule has 1 saturated carbocycles. The number of nitrogens with zero attached hydrogens (tertiary/aromatic N) is 2. The molecular weight excluding hydrogens is 232 g/mol. The first-order chi connectivity index (χ1) is 8.50. The highest BCUT2D eigenvalue weighted by molar-refractivity contribution is 5.79. The zero-order valence-corrected chi connectivity index (χ0v) is 11.1. The summed E-state index contributed by atoms with van der Waals surface area (Å²) in [6.07, 6.45) is 4.69. The molecule has 102 valence electrons. The summed E-state index contributed by atoms with van der Waals surface area (Å²) in [5.74, 6) is -0.622. The number of carbonyl (C=O) groups excluding carboxylic acids is 1. The monoisotopic (exact) mass is 254 g/mol. The molecule has 0 spiro atoms. The van der Waals surface area contributed by atoms with Crippen LogP contribution in [0.2, 0.25) is 0 Å². The van der Waals surface area contributed by atoms with Gasteiger partial charge in [0.2, 0.25) is 0 Å². The zero-order chi connectivity index (χ0) is 13.3. The first kappa shape index (κ1) is 13.2. The summed E-state index contributed by atoms with van der Waals surface area (Å²) < 4.78 is 0. The highest BCUT2D eigenvalue weighted by Gasteiger charge is 2.39. The van der Waals surface area contributed by atoms with E-state index in [4.69, 9.17) is 5.11 Å². The van der Waals surface area contributed by atoms with E-state index in [9.17, 15) is 9.59 Å². The van der Waals surface area contributed by atoms with Gasteiger partial charge in [-0.2, -0.15) is 0 Å². The van der Waals surface area contributed by atoms with Gasteiger partial charge in [-0.15, -0.1) is 0 Å². The minimum absolute atomic E-state index is 0.00810. The number of carboxylic acids is 1. The van der Waals surface area contributed by atoms with Gasteiger partial charge in [0.1, 0.15) is 0 Å². The topological polar surface area (TPSA) is 60.9 Å². The van der Waals surface area contributed by atoms with Crippen LogP contribution in [-0.4, -0.2) is 53.1 Å². The Morgan fingerprint density at radius 3 is 2.39 bits per heavy atom. The molecule has 1 N–H and O–H groups in total. The number of rotatable bonds is 2. The largest absolute Gasteiger partial charge is 0.481 e. The first-order valence-electron chi connectivity index (χ1n) is 6.75. The zero-order valence-electron chi connectivity index (χ0n) is 11.1. The van der Waals surface area contributed by atoms with Crippen LogP contribution < -0.4 is 0 Å². The Morgan fingerprint density at radius 2 is 1.83 bits per heavy atom. The van der Waals surface area contributed by atoms with E-state index in [1.165, 1.54) is 19.3 Å². The molecule has 0 radical (unpaired) electrons.